The third-order valence-corrected chi connectivity index (χ3v) is 2.91. The fourth-order valence-electron chi connectivity index (χ4n) is 1.54. The van der Waals surface area contributed by atoms with Gasteiger partial charge in [-0.25, -0.2) is 0 Å². The molecule has 0 fully saturated rings. The van der Waals surface area contributed by atoms with Crippen LogP contribution in [-0.2, 0) is 0 Å². The third-order valence-electron chi connectivity index (χ3n) is 2.42. The van der Waals surface area contributed by atoms with Crippen LogP contribution in [0, 0.1) is 6.92 Å². The number of rotatable bonds is 4. The van der Waals surface area contributed by atoms with Crippen LogP contribution >= 0.6 is 15.9 Å². The Morgan fingerprint density at radius 3 is 2.70 bits per heavy atom. The molecule has 2 aromatic rings. The molecule has 0 unspecified atom stereocenters. The summed E-state index contributed by atoms with van der Waals surface area (Å²) in [5.41, 5.74) is 7.62. The highest BCUT2D eigenvalue weighted by Gasteiger charge is 2.08. The SMILES string of the molecule is Cc1ccc(Br)cc1Nc1nc(N)nc(OC(C)C)n1. The van der Waals surface area contributed by atoms with Gasteiger partial charge < -0.3 is 15.8 Å². The Labute approximate surface area is 125 Å². The molecular weight excluding hydrogens is 322 g/mol. The zero-order chi connectivity index (χ0) is 14.7. The van der Waals surface area contributed by atoms with E-state index in [1.54, 1.807) is 0 Å². The molecule has 0 bridgehead atoms. The molecule has 0 aliphatic heterocycles. The second-order valence-electron chi connectivity index (χ2n) is 4.55. The van der Waals surface area contributed by atoms with Crippen molar-refractivity contribution in [3.05, 3.63) is 28.2 Å². The quantitative estimate of drug-likeness (QED) is 0.891. The van der Waals surface area contributed by atoms with Gasteiger partial charge in [-0.05, 0) is 38.5 Å². The number of nitrogens with zero attached hydrogens (tertiary/aromatic N) is 3. The normalized spacial score (nSPS) is 10.7. The Morgan fingerprint density at radius 2 is 2.00 bits per heavy atom. The van der Waals surface area contributed by atoms with Gasteiger partial charge in [0.25, 0.3) is 0 Å². The lowest BCUT2D eigenvalue weighted by molar-refractivity contribution is 0.222. The first-order valence-electron chi connectivity index (χ1n) is 6.15. The van der Waals surface area contributed by atoms with Gasteiger partial charge in [0, 0.05) is 10.2 Å². The standard InChI is InChI=1S/C13H16BrN5O/c1-7(2)20-13-18-11(15)17-12(19-13)16-10-6-9(14)5-4-8(10)3/h4-7H,1-3H3,(H3,15,16,17,18,19). The number of nitrogens with one attached hydrogen (secondary N) is 1. The number of anilines is 3. The molecular formula is C13H16BrN5O. The number of halogens is 1. The molecule has 0 aliphatic carbocycles. The molecule has 3 N–H and O–H groups in total. The predicted octanol–water partition coefficient (Wildman–Crippen LogP) is 3.06. The molecule has 1 aromatic heterocycles. The van der Waals surface area contributed by atoms with Gasteiger partial charge in [0.15, 0.2) is 0 Å². The van der Waals surface area contributed by atoms with Crippen molar-refractivity contribution in [3.8, 4) is 6.01 Å². The van der Waals surface area contributed by atoms with Crippen molar-refractivity contribution < 1.29 is 4.74 Å². The fraction of sp³-hybridized carbons (Fsp3) is 0.308. The number of hydrogen-bond acceptors (Lipinski definition) is 6. The molecule has 2 rings (SSSR count). The predicted molar refractivity (Wildman–Crippen MR) is 82.2 cm³/mol. The molecule has 20 heavy (non-hydrogen) atoms. The average molecular weight is 338 g/mol. The van der Waals surface area contributed by atoms with Crippen molar-refractivity contribution >= 4 is 33.5 Å². The summed E-state index contributed by atoms with van der Waals surface area (Å²) in [7, 11) is 0. The van der Waals surface area contributed by atoms with Crippen LogP contribution in [0.4, 0.5) is 17.6 Å². The average Bonchev–Trinajstić information content (AvgIpc) is 2.32. The first-order chi connectivity index (χ1) is 9.44. The van der Waals surface area contributed by atoms with Crippen molar-refractivity contribution in [2.45, 2.75) is 26.9 Å². The first-order valence-corrected chi connectivity index (χ1v) is 6.94. The number of hydrogen-bond donors (Lipinski definition) is 2. The maximum atomic E-state index is 5.67. The Morgan fingerprint density at radius 1 is 1.25 bits per heavy atom. The smallest absolute Gasteiger partial charge is 0.323 e. The monoisotopic (exact) mass is 337 g/mol. The number of nitrogen functional groups attached to an aromatic ring is 1. The summed E-state index contributed by atoms with van der Waals surface area (Å²) in [6.07, 6.45) is -0.0303. The zero-order valence-electron chi connectivity index (χ0n) is 11.5. The van der Waals surface area contributed by atoms with Gasteiger partial charge in [-0.2, -0.15) is 15.0 Å². The molecule has 0 spiro atoms. The summed E-state index contributed by atoms with van der Waals surface area (Å²) in [5, 5.41) is 3.12. The summed E-state index contributed by atoms with van der Waals surface area (Å²) < 4.78 is 6.40. The highest BCUT2D eigenvalue weighted by atomic mass is 79.9. The second kappa shape index (κ2) is 6.04. The molecule has 0 aliphatic rings. The maximum absolute atomic E-state index is 5.67. The van der Waals surface area contributed by atoms with E-state index in [1.165, 1.54) is 0 Å². The minimum Gasteiger partial charge on any atom is -0.461 e. The lowest BCUT2D eigenvalue weighted by Crippen LogP contribution is -2.12. The summed E-state index contributed by atoms with van der Waals surface area (Å²) in [6, 6.07) is 6.11. The molecule has 1 aromatic carbocycles. The molecule has 106 valence electrons. The Balaban J connectivity index is 2.28. The largest absolute Gasteiger partial charge is 0.461 e. The van der Waals surface area contributed by atoms with Gasteiger partial charge in [-0.15, -0.1) is 0 Å². The van der Waals surface area contributed by atoms with Crippen LogP contribution in [0.15, 0.2) is 22.7 Å². The van der Waals surface area contributed by atoms with Gasteiger partial charge in [0.2, 0.25) is 11.9 Å². The van der Waals surface area contributed by atoms with Gasteiger partial charge in [0.1, 0.15) is 0 Å². The fourth-order valence-corrected chi connectivity index (χ4v) is 1.90. The van der Waals surface area contributed by atoms with Gasteiger partial charge in [0.05, 0.1) is 6.10 Å². The van der Waals surface area contributed by atoms with Crippen LogP contribution in [0.1, 0.15) is 19.4 Å². The van der Waals surface area contributed by atoms with Crippen LogP contribution in [-0.4, -0.2) is 21.1 Å². The Kier molecular flexibility index (Phi) is 4.39. The van der Waals surface area contributed by atoms with Crippen molar-refractivity contribution in [3.63, 3.8) is 0 Å². The van der Waals surface area contributed by atoms with E-state index in [1.807, 2.05) is 39.0 Å². The van der Waals surface area contributed by atoms with Gasteiger partial charge in [-0.3, -0.25) is 0 Å². The van der Waals surface area contributed by atoms with Gasteiger partial charge >= 0.3 is 6.01 Å². The van der Waals surface area contributed by atoms with E-state index in [2.05, 4.69) is 36.2 Å². The van der Waals surface area contributed by atoms with E-state index in [0.717, 1.165) is 15.7 Å². The molecule has 0 amide bonds. The summed E-state index contributed by atoms with van der Waals surface area (Å²) in [4.78, 5) is 12.2. The number of ether oxygens (including phenoxy) is 1. The third kappa shape index (κ3) is 3.80. The number of nitrogens with two attached hydrogens (primary N) is 1. The van der Waals surface area contributed by atoms with Crippen molar-refractivity contribution in [1.29, 1.82) is 0 Å². The highest BCUT2D eigenvalue weighted by molar-refractivity contribution is 9.10. The van der Waals surface area contributed by atoms with Crippen LogP contribution in [0.2, 0.25) is 0 Å². The van der Waals surface area contributed by atoms with Crippen LogP contribution < -0.4 is 15.8 Å². The van der Waals surface area contributed by atoms with Crippen molar-refractivity contribution in [1.82, 2.24) is 15.0 Å². The molecule has 6 nitrogen and oxygen atoms in total. The van der Waals surface area contributed by atoms with E-state index in [4.69, 9.17) is 10.5 Å². The molecule has 0 saturated heterocycles. The van der Waals surface area contributed by atoms with Crippen molar-refractivity contribution in [2.75, 3.05) is 11.1 Å². The van der Waals surface area contributed by atoms with E-state index in [-0.39, 0.29) is 18.1 Å². The minimum absolute atomic E-state index is 0.0303. The summed E-state index contributed by atoms with van der Waals surface area (Å²) in [6.45, 7) is 5.78. The molecule has 7 heteroatoms. The van der Waals surface area contributed by atoms with E-state index in [0.29, 0.717) is 5.95 Å². The Bertz CT molecular complexity index is 618. The van der Waals surface area contributed by atoms with E-state index in [9.17, 15) is 0 Å². The second-order valence-corrected chi connectivity index (χ2v) is 5.47. The summed E-state index contributed by atoms with van der Waals surface area (Å²) in [5.74, 6) is 0.472. The van der Waals surface area contributed by atoms with Crippen LogP contribution in [0.25, 0.3) is 0 Å². The van der Waals surface area contributed by atoms with Crippen molar-refractivity contribution in [2.24, 2.45) is 0 Å². The topological polar surface area (TPSA) is 86.0 Å². The molecule has 0 saturated carbocycles. The van der Waals surface area contributed by atoms with E-state index < -0.39 is 0 Å². The lowest BCUT2D eigenvalue weighted by atomic mass is 10.2. The first kappa shape index (κ1) is 14.5. The summed E-state index contributed by atoms with van der Waals surface area (Å²) >= 11 is 3.43. The molecule has 0 atom stereocenters. The minimum atomic E-state index is -0.0303. The molecule has 1 heterocycles. The highest BCUT2D eigenvalue weighted by Crippen LogP contribution is 2.23. The lowest BCUT2D eigenvalue weighted by Gasteiger charge is -2.11. The van der Waals surface area contributed by atoms with Crippen LogP contribution in [0.5, 0.6) is 6.01 Å². The number of benzene rings is 1. The number of aryl methyl sites for hydroxylation is 1. The Hall–Kier alpha value is -1.89. The zero-order valence-corrected chi connectivity index (χ0v) is 13.1. The maximum Gasteiger partial charge on any atom is 0.323 e. The van der Waals surface area contributed by atoms with E-state index >= 15 is 0 Å². The molecule has 0 radical (unpaired) electrons. The van der Waals surface area contributed by atoms with Crippen LogP contribution in [0.3, 0.4) is 0 Å². The van der Waals surface area contributed by atoms with Gasteiger partial charge in [-0.1, -0.05) is 22.0 Å². The number of aromatic nitrogens is 3.